The summed E-state index contributed by atoms with van der Waals surface area (Å²) < 4.78 is 5.10. The molecule has 0 heterocycles. The van der Waals surface area contributed by atoms with Crippen molar-refractivity contribution in [2.75, 3.05) is 23.1 Å². The van der Waals surface area contributed by atoms with Crippen LogP contribution in [0.25, 0.3) is 0 Å². The summed E-state index contributed by atoms with van der Waals surface area (Å²) in [6.07, 6.45) is 0. The highest BCUT2D eigenvalue weighted by molar-refractivity contribution is 7.80. The second-order valence-corrected chi connectivity index (χ2v) is 4.98. The molecule has 0 saturated heterocycles. The van der Waals surface area contributed by atoms with Crippen molar-refractivity contribution in [3.8, 4) is 5.75 Å². The number of hydrogen-bond donors (Lipinski definition) is 3. The number of methoxy groups -OCH3 is 1. The summed E-state index contributed by atoms with van der Waals surface area (Å²) in [7, 11) is 1.62. The number of carbonyl (C=O) groups is 1. The first-order valence-electron chi connectivity index (χ1n) is 6.66. The second-order valence-electron chi connectivity index (χ2n) is 4.57. The van der Waals surface area contributed by atoms with Crippen molar-refractivity contribution in [1.82, 2.24) is 0 Å². The Balaban J connectivity index is 1.97. The standard InChI is InChI=1S/C16H17N3O2S/c1-11(20)17-13-4-3-5-14(10-13)19-16(22)18-12-6-8-15(21-2)9-7-12/h3-10H,1-2H3,(H,17,20)(H2,18,19,22). The number of ether oxygens (including phenoxy) is 1. The van der Waals surface area contributed by atoms with E-state index in [0.717, 1.165) is 17.1 Å². The first kappa shape index (κ1) is 15.8. The molecule has 0 aliphatic heterocycles. The van der Waals surface area contributed by atoms with E-state index in [1.807, 2.05) is 48.5 Å². The van der Waals surface area contributed by atoms with Gasteiger partial charge in [-0.05, 0) is 54.7 Å². The molecule has 5 nitrogen and oxygen atoms in total. The molecule has 0 unspecified atom stereocenters. The number of benzene rings is 2. The van der Waals surface area contributed by atoms with Gasteiger partial charge in [-0.15, -0.1) is 0 Å². The lowest BCUT2D eigenvalue weighted by atomic mass is 10.2. The molecule has 3 N–H and O–H groups in total. The highest BCUT2D eigenvalue weighted by Gasteiger charge is 2.01. The summed E-state index contributed by atoms with van der Waals surface area (Å²) in [5, 5.41) is 9.34. The summed E-state index contributed by atoms with van der Waals surface area (Å²) in [5.74, 6) is 0.670. The number of hydrogen-bond acceptors (Lipinski definition) is 3. The second kappa shape index (κ2) is 7.42. The van der Waals surface area contributed by atoms with Gasteiger partial charge in [0.15, 0.2) is 5.11 Å². The van der Waals surface area contributed by atoms with Crippen LogP contribution in [-0.2, 0) is 4.79 Å². The molecule has 114 valence electrons. The normalized spacial score (nSPS) is 9.73. The topological polar surface area (TPSA) is 62.4 Å². The summed E-state index contributed by atoms with van der Waals surface area (Å²) in [4.78, 5) is 11.1. The van der Waals surface area contributed by atoms with Crippen LogP contribution in [0.1, 0.15) is 6.92 Å². The molecule has 0 radical (unpaired) electrons. The van der Waals surface area contributed by atoms with Crippen LogP contribution in [0.4, 0.5) is 17.1 Å². The van der Waals surface area contributed by atoms with E-state index in [0.29, 0.717) is 10.8 Å². The smallest absolute Gasteiger partial charge is 0.221 e. The number of carbonyl (C=O) groups excluding carboxylic acids is 1. The summed E-state index contributed by atoms with van der Waals surface area (Å²) in [5.41, 5.74) is 2.36. The van der Waals surface area contributed by atoms with Crippen LogP contribution >= 0.6 is 12.2 Å². The predicted molar refractivity (Wildman–Crippen MR) is 93.6 cm³/mol. The number of thiocarbonyl (C=S) groups is 1. The molecular formula is C16H17N3O2S. The van der Waals surface area contributed by atoms with E-state index in [-0.39, 0.29) is 5.91 Å². The first-order chi connectivity index (χ1) is 10.6. The van der Waals surface area contributed by atoms with Crippen LogP contribution in [0.3, 0.4) is 0 Å². The van der Waals surface area contributed by atoms with Crippen molar-refractivity contribution in [2.24, 2.45) is 0 Å². The number of amides is 1. The zero-order chi connectivity index (χ0) is 15.9. The van der Waals surface area contributed by atoms with Gasteiger partial charge in [-0.2, -0.15) is 0 Å². The van der Waals surface area contributed by atoms with E-state index in [1.54, 1.807) is 7.11 Å². The Bertz CT molecular complexity index is 671. The maximum Gasteiger partial charge on any atom is 0.221 e. The number of anilines is 3. The molecule has 0 aliphatic rings. The quantitative estimate of drug-likeness (QED) is 0.754. The third-order valence-electron chi connectivity index (χ3n) is 2.79. The van der Waals surface area contributed by atoms with Gasteiger partial charge in [0.1, 0.15) is 5.75 Å². The van der Waals surface area contributed by atoms with Crippen molar-refractivity contribution in [3.05, 3.63) is 48.5 Å². The van der Waals surface area contributed by atoms with Gasteiger partial charge >= 0.3 is 0 Å². The molecule has 0 saturated carbocycles. The lowest BCUT2D eigenvalue weighted by Gasteiger charge is -2.12. The zero-order valence-electron chi connectivity index (χ0n) is 12.3. The third kappa shape index (κ3) is 4.75. The van der Waals surface area contributed by atoms with Gasteiger partial charge < -0.3 is 20.7 Å². The highest BCUT2D eigenvalue weighted by Crippen LogP contribution is 2.17. The Kier molecular flexibility index (Phi) is 5.32. The minimum atomic E-state index is -0.115. The predicted octanol–water partition coefficient (Wildman–Crippen LogP) is 3.46. The molecule has 0 fully saturated rings. The molecule has 1 amide bonds. The monoisotopic (exact) mass is 315 g/mol. The fourth-order valence-corrected chi connectivity index (χ4v) is 2.08. The van der Waals surface area contributed by atoms with Gasteiger partial charge in [0.05, 0.1) is 7.11 Å². The van der Waals surface area contributed by atoms with Crippen molar-refractivity contribution >= 4 is 40.3 Å². The fourth-order valence-electron chi connectivity index (χ4n) is 1.85. The maximum atomic E-state index is 11.1. The lowest BCUT2D eigenvalue weighted by molar-refractivity contribution is -0.114. The van der Waals surface area contributed by atoms with E-state index in [9.17, 15) is 4.79 Å². The largest absolute Gasteiger partial charge is 0.497 e. The van der Waals surface area contributed by atoms with Crippen molar-refractivity contribution in [3.63, 3.8) is 0 Å². The van der Waals surface area contributed by atoms with Crippen LogP contribution in [0.5, 0.6) is 5.75 Å². The van der Waals surface area contributed by atoms with Crippen molar-refractivity contribution in [2.45, 2.75) is 6.92 Å². The molecule has 2 aromatic carbocycles. The van der Waals surface area contributed by atoms with Crippen LogP contribution in [-0.4, -0.2) is 18.1 Å². The average molecular weight is 315 g/mol. The molecule has 2 rings (SSSR count). The van der Waals surface area contributed by atoms with E-state index in [1.165, 1.54) is 6.92 Å². The summed E-state index contributed by atoms with van der Waals surface area (Å²) in [6.45, 7) is 1.47. The minimum absolute atomic E-state index is 0.115. The van der Waals surface area contributed by atoms with Crippen molar-refractivity contribution in [1.29, 1.82) is 0 Å². The molecule has 0 atom stereocenters. The zero-order valence-corrected chi connectivity index (χ0v) is 13.2. The Morgan fingerprint density at radius 1 is 0.955 bits per heavy atom. The van der Waals surface area contributed by atoms with E-state index >= 15 is 0 Å². The molecule has 6 heteroatoms. The molecule has 0 spiro atoms. The fraction of sp³-hybridized carbons (Fsp3) is 0.125. The first-order valence-corrected chi connectivity index (χ1v) is 7.07. The lowest BCUT2D eigenvalue weighted by Crippen LogP contribution is -2.19. The Hall–Kier alpha value is -2.60. The van der Waals surface area contributed by atoms with Gasteiger partial charge in [0.2, 0.25) is 5.91 Å². The number of rotatable bonds is 4. The number of nitrogens with one attached hydrogen (secondary N) is 3. The van der Waals surface area contributed by atoms with E-state index in [4.69, 9.17) is 17.0 Å². The van der Waals surface area contributed by atoms with E-state index in [2.05, 4.69) is 16.0 Å². The summed E-state index contributed by atoms with van der Waals surface area (Å²) in [6, 6.07) is 14.8. The Labute approximate surface area is 134 Å². The Morgan fingerprint density at radius 3 is 2.14 bits per heavy atom. The van der Waals surface area contributed by atoms with Gasteiger partial charge in [0, 0.05) is 24.0 Å². The molecule has 0 aliphatic carbocycles. The molecule has 22 heavy (non-hydrogen) atoms. The van der Waals surface area contributed by atoms with Gasteiger partial charge in [-0.3, -0.25) is 4.79 Å². The molecule has 0 aromatic heterocycles. The third-order valence-corrected chi connectivity index (χ3v) is 2.99. The van der Waals surface area contributed by atoms with Gasteiger partial charge in [-0.1, -0.05) is 6.07 Å². The van der Waals surface area contributed by atoms with Gasteiger partial charge in [-0.25, -0.2) is 0 Å². The van der Waals surface area contributed by atoms with Crippen molar-refractivity contribution < 1.29 is 9.53 Å². The summed E-state index contributed by atoms with van der Waals surface area (Å²) >= 11 is 5.27. The van der Waals surface area contributed by atoms with Gasteiger partial charge in [0.25, 0.3) is 0 Å². The van der Waals surface area contributed by atoms with Crippen LogP contribution in [0.2, 0.25) is 0 Å². The van der Waals surface area contributed by atoms with E-state index < -0.39 is 0 Å². The maximum absolute atomic E-state index is 11.1. The SMILES string of the molecule is COc1ccc(NC(=S)Nc2cccc(NC(C)=O)c2)cc1. The minimum Gasteiger partial charge on any atom is -0.497 e. The Morgan fingerprint density at radius 2 is 1.55 bits per heavy atom. The molecular weight excluding hydrogens is 298 g/mol. The average Bonchev–Trinajstić information content (AvgIpc) is 2.47. The van der Waals surface area contributed by atoms with Crippen LogP contribution < -0.4 is 20.7 Å². The van der Waals surface area contributed by atoms with Crippen LogP contribution in [0.15, 0.2) is 48.5 Å². The molecule has 2 aromatic rings. The highest BCUT2D eigenvalue weighted by atomic mass is 32.1. The van der Waals surface area contributed by atoms with Crippen LogP contribution in [0, 0.1) is 0 Å². The molecule has 0 bridgehead atoms.